The highest BCUT2D eigenvalue weighted by Crippen LogP contribution is 2.43. The van der Waals surface area contributed by atoms with E-state index < -0.39 is 41.4 Å². The normalized spacial score (nSPS) is 21.6. The molecule has 0 radical (unpaired) electrons. The number of ether oxygens (including phenoxy) is 1. The Bertz CT molecular complexity index is 1230. The molecule has 1 aliphatic carbocycles. The van der Waals surface area contributed by atoms with Gasteiger partial charge in [0, 0.05) is 17.3 Å². The van der Waals surface area contributed by atoms with Crippen molar-refractivity contribution in [2.24, 2.45) is 11.7 Å². The van der Waals surface area contributed by atoms with Gasteiger partial charge in [-0.15, -0.1) is 11.3 Å². The quantitative estimate of drug-likeness (QED) is 0.605. The molecule has 2 heterocycles. The first-order valence-corrected chi connectivity index (χ1v) is 12.7. The van der Waals surface area contributed by atoms with Crippen molar-refractivity contribution in [3.63, 3.8) is 0 Å². The predicted molar refractivity (Wildman–Crippen MR) is 132 cm³/mol. The van der Waals surface area contributed by atoms with Gasteiger partial charge in [-0.1, -0.05) is 12.1 Å². The van der Waals surface area contributed by atoms with Crippen LogP contribution in [0.3, 0.4) is 0 Å². The maximum Gasteiger partial charge on any atom is 0.411 e. The summed E-state index contributed by atoms with van der Waals surface area (Å²) in [5.41, 5.74) is 5.46. The topological polar surface area (TPSA) is 126 Å². The van der Waals surface area contributed by atoms with E-state index in [2.05, 4.69) is 5.32 Å². The van der Waals surface area contributed by atoms with Crippen LogP contribution >= 0.6 is 11.3 Å². The molecule has 2 fully saturated rings. The minimum atomic E-state index is -0.972. The van der Waals surface area contributed by atoms with Crippen molar-refractivity contribution in [2.45, 2.75) is 70.2 Å². The number of primary amides is 1. The van der Waals surface area contributed by atoms with Crippen molar-refractivity contribution in [1.29, 1.82) is 5.26 Å². The van der Waals surface area contributed by atoms with Crippen LogP contribution in [0.2, 0.25) is 0 Å². The third-order valence-corrected chi connectivity index (χ3v) is 7.69. The standard InChI is InChI=1S/C26H29FN4O4S/c1-26(2,3)35-25(34)31-18-7-6-16(11-18)22(31)24(33)30-17(13-28)10-14-4-5-15(12-19(14)27)20-8-9-21(36-20)23(29)32/h4-5,8-9,12,16-18,22H,6-7,10-11H2,1-3H3,(H2,29,32)(H,30,33)/t16-,17-,18+,22-/m0/s1. The van der Waals surface area contributed by atoms with Crippen molar-refractivity contribution >= 4 is 29.2 Å². The first-order chi connectivity index (χ1) is 17.0. The monoisotopic (exact) mass is 512 g/mol. The summed E-state index contributed by atoms with van der Waals surface area (Å²) in [6.07, 6.45) is 1.81. The fourth-order valence-electron chi connectivity index (χ4n) is 5.00. The number of amides is 3. The van der Waals surface area contributed by atoms with Gasteiger partial charge in [-0.25, -0.2) is 9.18 Å². The van der Waals surface area contributed by atoms with Crippen LogP contribution in [0.4, 0.5) is 9.18 Å². The number of benzene rings is 1. The average molecular weight is 513 g/mol. The Morgan fingerprint density at radius 3 is 2.64 bits per heavy atom. The highest BCUT2D eigenvalue weighted by molar-refractivity contribution is 7.17. The van der Waals surface area contributed by atoms with Crippen molar-refractivity contribution in [3.05, 3.63) is 46.6 Å². The fraction of sp³-hybridized carbons (Fsp3) is 0.462. The Hall–Kier alpha value is -3.45. The average Bonchev–Trinajstić information content (AvgIpc) is 3.54. The number of nitrogens with one attached hydrogen (secondary N) is 1. The van der Waals surface area contributed by atoms with Crippen LogP contribution in [-0.2, 0) is 16.0 Å². The highest BCUT2D eigenvalue weighted by atomic mass is 32.1. The third-order valence-electron chi connectivity index (χ3n) is 6.54. The van der Waals surface area contributed by atoms with Crippen LogP contribution in [-0.4, -0.2) is 46.5 Å². The van der Waals surface area contributed by atoms with Gasteiger partial charge in [-0.2, -0.15) is 5.26 Å². The molecular weight excluding hydrogens is 483 g/mol. The van der Waals surface area contributed by atoms with Gasteiger partial charge in [-0.3, -0.25) is 14.5 Å². The molecule has 1 aromatic carbocycles. The zero-order chi connectivity index (χ0) is 26.2. The summed E-state index contributed by atoms with van der Waals surface area (Å²) in [6, 6.07) is 8.19. The summed E-state index contributed by atoms with van der Waals surface area (Å²) in [7, 11) is 0. The van der Waals surface area contributed by atoms with E-state index in [1.807, 2.05) is 6.07 Å². The van der Waals surface area contributed by atoms with Crippen LogP contribution < -0.4 is 11.1 Å². The Labute approximate surface area is 213 Å². The molecule has 0 unspecified atom stereocenters. The number of carbonyl (C=O) groups is 3. The molecule has 8 nitrogen and oxygen atoms in total. The number of thiophene rings is 1. The van der Waals surface area contributed by atoms with Gasteiger partial charge in [0.25, 0.3) is 5.91 Å². The van der Waals surface area contributed by atoms with Crippen LogP contribution in [0.1, 0.15) is 55.3 Å². The van der Waals surface area contributed by atoms with Crippen molar-refractivity contribution < 1.29 is 23.5 Å². The number of piperidine rings is 1. The van der Waals surface area contributed by atoms with Crippen LogP contribution in [0, 0.1) is 23.1 Å². The molecule has 4 rings (SSSR count). The lowest BCUT2D eigenvalue weighted by molar-refractivity contribution is -0.128. The molecule has 0 spiro atoms. The number of likely N-dealkylation sites (tertiary alicyclic amines) is 1. The predicted octanol–water partition coefficient (Wildman–Crippen LogP) is 3.99. The lowest BCUT2D eigenvalue weighted by Gasteiger charge is -2.35. The number of nitrogens with two attached hydrogens (primary N) is 1. The molecule has 2 bridgehead atoms. The van der Waals surface area contributed by atoms with E-state index in [4.69, 9.17) is 10.5 Å². The van der Waals surface area contributed by atoms with E-state index in [0.717, 1.165) is 19.3 Å². The van der Waals surface area contributed by atoms with Crippen LogP contribution in [0.5, 0.6) is 0 Å². The number of rotatable bonds is 6. The molecule has 3 amide bonds. The molecule has 36 heavy (non-hydrogen) atoms. The Kier molecular flexibility index (Phi) is 7.05. The lowest BCUT2D eigenvalue weighted by Crippen LogP contribution is -2.55. The summed E-state index contributed by atoms with van der Waals surface area (Å²) in [4.78, 5) is 40.0. The number of halogens is 1. The fourth-order valence-corrected chi connectivity index (χ4v) is 5.86. The van der Waals surface area contributed by atoms with Gasteiger partial charge in [0.05, 0.1) is 10.9 Å². The number of nitriles is 1. The Morgan fingerprint density at radius 1 is 1.28 bits per heavy atom. The Balaban J connectivity index is 1.45. The molecular formula is C26H29FN4O4S. The molecule has 1 saturated heterocycles. The van der Waals surface area contributed by atoms with E-state index >= 15 is 0 Å². The summed E-state index contributed by atoms with van der Waals surface area (Å²) >= 11 is 1.17. The second-order valence-electron chi connectivity index (χ2n) is 10.3. The third kappa shape index (κ3) is 5.36. The number of hydrogen-bond donors (Lipinski definition) is 2. The number of fused-ring (bicyclic) bond motifs is 2. The van der Waals surface area contributed by atoms with Gasteiger partial charge >= 0.3 is 6.09 Å². The number of carbonyl (C=O) groups excluding carboxylic acids is 3. The summed E-state index contributed by atoms with van der Waals surface area (Å²) in [5, 5.41) is 12.4. The van der Waals surface area contributed by atoms with Crippen molar-refractivity contribution in [3.8, 4) is 16.5 Å². The Morgan fingerprint density at radius 2 is 2.03 bits per heavy atom. The van der Waals surface area contributed by atoms with Gasteiger partial charge in [0.2, 0.25) is 5.91 Å². The minimum Gasteiger partial charge on any atom is -0.444 e. The molecule has 1 aliphatic heterocycles. The second kappa shape index (κ2) is 9.90. The van der Waals surface area contributed by atoms with Gasteiger partial charge in [-0.05, 0) is 75.3 Å². The van der Waals surface area contributed by atoms with E-state index in [1.54, 1.807) is 45.0 Å². The molecule has 2 aromatic rings. The van der Waals surface area contributed by atoms with E-state index in [0.29, 0.717) is 15.3 Å². The van der Waals surface area contributed by atoms with Gasteiger partial charge in [0.1, 0.15) is 23.5 Å². The molecule has 190 valence electrons. The summed E-state index contributed by atoms with van der Waals surface area (Å²) < 4.78 is 20.4. The van der Waals surface area contributed by atoms with Crippen LogP contribution in [0.25, 0.3) is 10.4 Å². The van der Waals surface area contributed by atoms with E-state index in [9.17, 15) is 24.0 Å². The lowest BCUT2D eigenvalue weighted by atomic mass is 9.97. The van der Waals surface area contributed by atoms with Gasteiger partial charge in [0.15, 0.2) is 0 Å². The first kappa shape index (κ1) is 25.6. The second-order valence-corrected chi connectivity index (χ2v) is 11.4. The van der Waals surface area contributed by atoms with Gasteiger partial charge < -0.3 is 15.8 Å². The van der Waals surface area contributed by atoms with Crippen LogP contribution in [0.15, 0.2) is 30.3 Å². The van der Waals surface area contributed by atoms with E-state index in [-0.39, 0.29) is 23.9 Å². The maximum absolute atomic E-state index is 14.9. The number of hydrogen-bond acceptors (Lipinski definition) is 6. The van der Waals surface area contributed by atoms with Crippen molar-refractivity contribution in [1.82, 2.24) is 10.2 Å². The smallest absolute Gasteiger partial charge is 0.411 e. The molecule has 3 N–H and O–H groups in total. The maximum atomic E-state index is 14.9. The van der Waals surface area contributed by atoms with Crippen molar-refractivity contribution in [2.75, 3.05) is 0 Å². The molecule has 1 aromatic heterocycles. The molecule has 1 saturated carbocycles. The summed E-state index contributed by atoms with van der Waals surface area (Å²) in [6.45, 7) is 5.32. The zero-order valence-electron chi connectivity index (χ0n) is 20.4. The summed E-state index contributed by atoms with van der Waals surface area (Å²) in [5.74, 6) is -1.48. The molecule has 2 aliphatic rings. The largest absolute Gasteiger partial charge is 0.444 e. The highest BCUT2D eigenvalue weighted by Gasteiger charge is 2.52. The first-order valence-electron chi connectivity index (χ1n) is 11.9. The minimum absolute atomic E-state index is 0.00831. The number of nitrogens with zero attached hydrogens (tertiary/aromatic N) is 2. The molecule has 10 heteroatoms. The SMILES string of the molecule is CC(C)(C)OC(=O)N1[C@@H]2CC[C@@H](C2)[C@H]1C(=O)N[C@H](C#N)Cc1ccc(-c2ccc(C(N)=O)s2)cc1F. The van der Waals surface area contributed by atoms with E-state index in [1.165, 1.54) is 22.3 Å². The molecule has 4 atom stereocenters. The zero-order valence-corrected chi connectivity index (χ0v) is 21.2.